The van der Waals surface area contributed by atoms with Crippen LogP contribution in [0.15, 0.2) is 21.1 Å². The van der Waals surface area contributed by atoms with Gasteiger partial charge in [-0.3, -0.25) is 0 Å². The fourth-order valence-corrected chi connectivity index (χ4v) is 2.69. The summed E-state index contributed by atoms with van der Waals surface area (Å²) in [6.07, 6.45) is 0. The monoisotopic (exact) mass is 310 g/mol. The predicted molar refractivity (Wildman–Crippen MR) is 61.1 cm³/mol. The van der Waals surface area contributed by atoms with Crippen LogP contribution in [0.25, 0.3) is 0 Å². The van der Waals surface area contributed by atoms with Crippen LogP contribution in [-0.2, 0) is 5.75 Å². The van der Waals surface area contributed by atoms with Crippen molar-refractivity contribution in [1.82, 2.24) is 0 Å². The Morgan fingerprint density at radius 2 is 1.83 bits per heavy atom. The van der Waals surface area contributed by atoms with Crippen LogP contribution < -0.4 is 4.74 Å². The standard InChI is InChI=1S/C8H8Br2OS/c1-11-8-6(9)2-5(4-12)3-7(8)10/h2-3,12H,4H2,1H3. The third kappa shape index (κ3) is 2.18. The minimum absolute atomic E-state index is 0.723. The van der Waals surface area contributed by atoms with E-state index in [2.05, 4.69) is 44.5 Å². The van der Waals surface area contributed by atoms with E-state index in [1.165, 1.54) is 0 Å². The van der Waals surface area contributed by atoms with Crippen molar-refractivity contribution in [3.63, 3.8) is 0 Å². The summed E-state index contributed by atoms with van der Waals surface area (Å²) < 4.78 is 7.05. The van der Waals surface area contributed by atoms with E-state index in [0.717, 1.165) is 26.0 Å². The second-order valence-corrected chi connectivity index (χ2v) is 4.28. The maximum Gasteiger partial charge on any atom is 0.147 e. The Balaban J connectivity index is 3.18. The van der Waals surface area contributed by atoms with Gasteiger partial charge in [0.25, 0.3) is 0 Å². The molecule has 0 aliphatic carbocycles. The van der Waals surface area contributed by atoms with Crippen molar-refractivity contribution in [1.29, 1.82) is 0 Å². The molecule has 66 valence electrons. The third-order valence-corrected chi connectivity index (χ3v) is 2.99. The molecule has 0 radical (unpaired) electrons. The first-order valence-corrected chi connectivity index (χ1v) is 5.53. The molecule has 0 amide bonds. The van der Waals surface area contributed by atoms with Crippen molar-refractivity contribution < 1.29 is 4.74 Å². The Morgan fingerprint density at radius 1 is 1.33 bits per heavy atom. The van der Waals surface area contributed by atoms with Crippen molar-refractivity contribution in [2.45, 2.75) is 5.75 Å². The van der Waals surface area contributed by atoms with E-state index in [0.29, 0.717) is 0 Å². The van der Waals surface area contributed by atoms with Crippen molar-refractivity contribution in [2.75, 3.05) is 7.11 Å². The van der Waals surface area contributed by atoms with Gasteiger partial charge in [0.1, 0.15) is 5.75 Å². The number of thiol groups is 1. The van der Waals surface area contributed by atoms with Crippen LogP contribution in [0, 0.1) is 0 Å². The first-order chi connectivity index (χ1) is 5.69. The molecule has 1 aromatic carbocycles. The summed E-state index contributed by atoms with van der Waals surface area (Å²) in [6.45, 7) is 0. The molecule has 0 saturated carbocycles. The van der Waals surface area contributed by atoms with Crippen molar-refractivity contribution in [2.24, 2.45) is 0 Å². The van der Waals surface area contributed by atoms with Gasteiger partial charge in [-0.1, -0.05) is 0 Å². The number of hydrogen-bond donors (Lipinski definition) is 1. The van der Waals surface area contributed by atoms with Crippen molar-refractivity contribution in [3.05, 3.63) is 26.6 Å². The minimum Gasteiger partial charge on any atom is -0.494 e. The molecule has 1 nitrogen and oxygen atoms in total. The Morgan fingerprint density at radius 3 is 2.17 bits per heavy atom. The summed E-state index contributed by atoms with van der Waals surface area (Å²) >= 11 is 11.0. The SMILES string of the molecule is COc1c(Br)cc(CS)cc1Br. The Hall–Kier alpha value is 0.330. The molecule has 4 heteroatoms. The fourth-order valence-electron chi connectivity index (χ4n) is 0.899. The topological polar surface area (TPSA) is 9.23 Å². The lowest BCUT2D eigenvalue weighted by Gasteiger charge is -2.07. The molecular weight excluding hydrogens is 304 g/mol. The summed E-state index contributed by atoms with van der Waals surface area (Å²) in [5, 5.41) is 0. The van der Waals surface area contributed by atoms with Crippen LogP contribution in [0.3, 0.4) is 0 Å². The zero-order valence-electron chi connectivity index (χ0n) is 6.47. The molecule has 0 aliphatic rings. The molecule has 1 rings (SSSR count). The lowest BCUT2D eigenvalue weighted by molar-refractivity contribution is 0.409. The first-order valence-electron chi connectivity index (χ1n) is 3.31. The maximum absolute atomic E-state index is 5.16. The Labute approximate surface area is 94.2 Å². The highest BCUT2D eigenvalue weighted by molar-refractivity contribution is 9.11. The normalized spacial score (nSPS) is 10.0. The highest BCUT2D eigenvalue weighted by Crippen LogP contribution is 2.34. The summed E-state index contributed by atoms with van der Waals surface area (Å²) in [4.78, 5) is 0. The van der Waals surface area contributed by atoms with Gasteiger partial charge in [-0.25, -0.2) is 0 Å². The Kier molecular flexibility index (Phi) is 3.93. The van der Waals surface area contributed by atoms with Crippen LogP contribution in [0.4, 0.5) is 0 Å². The van der Waals surface area contributed by atoms with Crippen LogP contribution in [0.5, 0.6) is 5.75 Å². The molecular formula is C8H8Br2OS. The van der Waals surface area contributed by atoms with Crippen LogP contribution >= 0.6 is 44.5 Å². The van der Waals surface area contributed by atoms with Crippen molar-refractivity contribution in [3.8, 4) is 5.75 Å². The zero-order chi connectivity index (χ0) is 9.14. The first kappa shape index (κ1) is 10.4. The number of hydrogen-bond acceptors (Lipinski definition) is 2. The summed E-state index contributed by atoms with van der Waals surface area (Å²) in [7, 11) is 1.64. The molecule has 0 unspecified atom stereocenters. The fraction of sp³-hybridized carbons (Fsp3) is 0.250. The molecule has 0 bridgehead atoms. The summed E-state index contributed by atoms with van der Waals surface area (Å²) in [5.41, 5.74) is 1.15. The average Bonchev–Trinajstić information content (AvgIpc) is 2.03. The van der Waals surface area contributed by atoms with E-state index in [-0.39, 0.29) is 0 Å². The van der Waals surface area contributed by atoms with Gasteiger partial charge in [-0.15, -0.1) is 0 Å². The van der Waals surface area contributed by atoms with E-state index in [1.54, 1.807) is 7.11 Å². The molecule has 0 aliphatic heterocycles. The lowest BCUT2D eigenvalue weighted by Crippen LogP contribution is -1.88. The van der Waals surface area contributed by atoms with E-state index in [9.17, 15) is 0 Å². The predicted octanol–water partition coefficient (Wildman–Crippen LogP) is 3.65. The molecule has 0 spiro atoms. The van der Waals surface area contributed by atoms with Gasteiger partial charge in [0.15, 0.2) is 0 Å². The van der Waals surface area contributed by atoms with Gasteiger partial charge in [0, 0.05) is 5.75 Å². The van der Waals surface area contributed by atoms with Crippen molar-refractivity contribution >= 4 is 44.5 Å². The molecule has 0 N–H and O–H groups in total. The largest absolute Gasteiger partial charge is 0.494 e. The number of rotatable bonds is 2. The van der Waals surface area contributed by atoms with E-state index < -0.39 is 0 Å². The molecule has 0 heterocycles. The third-order valence-electron chi connectivity index (χ3n) is 1.44. The number of benzene rings is 1. The number of ether oxygens (including phenoxy) is 1. The molecule has 1 aromatic rings. The quantitative estimate of drug-likeness (QED) is 0.820. The smallest absolute Gasteiger partial charge is 0.147 e. The second kappa shape index (κ2) is 4.53. The molecule has 0 atom stereocenters. The molecule has 0 saturated heterocycles. The van der Waals surface area contributed by atoms with Crippen LogP contribution in [0.1, 0.15) is 5.56 Å². The number of halogens is 2. The van der Waals surface area contributed by atoms with Gasteiger partial charge in [-0.2, -0.15) is 12.6 Å². The van der Waals surface area contributed by atoms with Gasteiger partial charge >= 0.3 is 0 Å². The maximum atomic E-state index is 5.16. The molecule has 0 aromatic heterocycles. The van der Waals surface area contributed by atoms with Gasteiger partial charge in [0.2, 0.25) is 0 Å². The second-order valence-electron chi connectivity index (χ2n) is 2.25. The van der Waals surface area contributed by atoms with Gasteiger partial charge in [-0.05, 0) is 49.6 Å². The molecule has 12 heavy (non-hydrogen) atoms. The summed E-state index contributed by atoms with van der Waals surface area (Å²) in [5.74, 6) is 1.54. The van der Waals surface area contributed by atoms with E-state index >= 15 is 0 Å². The lowest BCUT2D eigenvalue weighted by atomic mass is 10.2. The average molecular weight is 312 g/mol. The van der Waals surface area contributed by atoms with E-state index in [4.69, 9.17) is 4.74 Å². The zero-order valence-corrected chi connectivity index (χ0v) is 10.5. The highest BCUT2D eigenvalue weighted by atomic mass is 79.9. The van der Waals surface area contributed by atoms with Crippen LogP contribution in [-0.4, -0.2) is 7.11 Å². The van der Waals surface area contributed by atoms with Gasteiger partial charge < -0.3 is 4.74 Å². The van der Waals surface area contributed by atoms with E-state index in [1.807, 2.05) is 12.1 Å². The summed E-state index contributed by atoms with van der Waals surface area (Å²) in [6, 6.07) is 3.99. The van der Waals surface area contributed by atoms with Gasteiger partial charge in [0.05, 0.1) is 16.1 Å². The number of methoxy groups -OCH3 is 1. The Bertz CT molecular complexity index is 265. The molecule has 0 fully saturated rings. The highest BCUT2D eigenvalue weighted by Gasteiger charge is 2.06. The van der Waals surface area contributed by atoms with Crippen LogP contribution in [0.2, 0.25) is 0 Å². The minimum atomic E-state index is 0.723.